The highest BCUT2D eigenvalue weighted by atomic mass is 35.5. The minimum Gasteiger partial charge on any atom is -0.339 e. The number of hydrogen-bond donors (Lipinski definition) is 1. The molecule has 7 nitrogen and oxygen atoms in total. The molecule has 3 rings (SSSR count). The van der Waals surface area contributed by atoms with Crippen LogP contribution in [0, 0.1) is 5.92 Å². The van der Waals surface area contributed by atoms with Crippen molar-refractivity contribution >= 4 is 29.1 Å². The molecule has 24 heavy (non-hydrogen) atoms. The highest BCUT2D eigenvalue weighted by Crippen LogP contribution is 2.22. The first-order chi connectivity index (χ1) is 11.4. The van der Waals surface area contributed by atoms with Gasteiger partial charge in [0, 0.05) is 19.0 Å². The number of nitrogens with zero attached hydrogens (tertiary/aromatic N) is 4. The number of carbonyl (C=O) groups is 2. The Kier molecular flexibility index (Phi) is 4.53. The average molecular weight is 348 g/mol. The van der Waals surface area contributed by atoms with Crippen LogP contribution in [0.25, 0.3) is 5.82 Å². The summed E-state index contributed by atoms with van der Waals surface area (Å²) in [5.74, 6) is 0.129. The third kappa shape index (κ3) is 3.41. The number of hydrogen-bond acceptors (Lipinski definition) is 4. The fourth-order valence-corrected chi connectivity index (χ4v) is 2.81. The number of nitrogens with one attached hydrogen (secondary N) is 1. The van der Waals surface area contributed by atoms with Crippen molar-refractivity contribution in [2.45, 2.75) is 26.3 Å². The van der Waals surface area contributed by atoms with Gasteiger partial charge in [-0.15, -0.1) is 0 Å². The van der Waals surface area contributed by atoms with Crippen LogP contribution >= 0.6 is 11.6 Å². The zero-order chi connectivity index (χ0) is 17.3. The standard InChI is InChI=1S/C16H18ClN5O2/c1-10(2)21-8-11(5-15(21)23)16(24)20-13-3-4-14(18-7-13)22-9-12(17)6-19-22/h3-4,6-7,9-11H,5,8H2,1-2H3,(H,20,24). The number of pyridine rings is 1. The van der Waals surface area contributed by atoms with Crippen LogP contribution in [0.1, 0.15) is 20.3 Å². The molecule has 0 bridgehead atoms. The van der Waals surface area contributed by atoms with Crippen LogP contribution in [0.15, 0.2) is 30.7 Å². The van der Waals surface area contributed by atoms with Crippen LogP contribution in [0.5, 0.6) is 0 Å². The summed E-state index contributed by atoms with van der Waals surface area (Å²) in [5.41, 5.74) is 0.581. The van der Waals surface area contributed by atoms with E-state index >= 15 is 0 Å². The Morgan fingerprint density at radius 1 is 1.38 bits per heavy atom. The first kappa shape index (κ1) is 16.4. The number of likely N-dealkylation sites (tertiary alicyclic amines) is 1. The Morgan fingerprint density at radius 3 is 2.71 bits per heavy atom. The molecule has 2 aromatic heterocycles. The molecule has 0 saturated carbocycles. The molecule has 0 radical (unpaired) electrons. The second-order valence-electron chi connectivity index (χ2n) is 6.04. The van der Waals surface area contributed by atoms with Gasteiger partial charge in [0.1, 0.15) is 0 Å². The first-order valence-electron chi connectivity index (χ1n) is 7.71. The lowest BCUT2D eigenvalue weighted by molar-refractivity contribution is -0.129. The highest BCUT2D eigenvalue weighted by Gasteiger charge is 2.35. The van der Waals surface area contributed by atoms with E-state index in [0.717, 1.165) is 0 Å². The van der Waals surface area contributed by atoms with Crippen molar-refractivity contribution in [1.29, 1.82) is 0 Å². The SMILES string of the molecule is CC(C)N1CC(C(=O)Nc2ccc(-n3cc(Cl)cn3)nc2)CC1=O. The fourth-order valence-electron chi connectivity index (χ4n) is 2.67. The molecule has 0 aromatic carbocycles. The molecule has 1 unspecified atom stereocenters. The van der Waals surface area contributed by atoms with Crippen molar-refractivity contribution in [2.75, 3.05) is 11.9 Å². The smallest absolute Gasteiger partial charge is 0.229 e. The van der Waals surface area contributed by atoms with Crippen molar-refractivity contribution in [3.8, 4) is 5.82 Å². The van der Waals surface area contributed by atoms with Crippen LogP contribution in [0.2, 0.25) is 5.02 Å². The lowest BCUT2D eigenvalue weighted by Crippen LogP contribution is -2.33. The maximum Gasteiger partial charge on any atom is 0.229 e. The predicted octanol–water partition coefficient (Wildman–Crippen LogP) is 2.12. The lowest BCUT2D eigenvalue weighted by atomic mass is 10.1. The molecule has 1 saturated heterocycles. The van der Waals surface area contributed by atoms with Crippen molar-refractivity contribution in [3.05, 3.63) is 35.7 Å². The minimum atomic E-state index is -0.329. The van der Waals surface area contributed by atoms with Crippen LogP contribution in [-0.4, -0.2) is 44.1 Å². The van der Waals surface area contributed by atoms with Crippen LogP contribution in [-0.2, 0) is 9.59 Å². The van der Waals surface area contributed by atoms with Crippen LogP contribution < -0.4 is 5.32 Å². The van der Waals surface area contributed by atoms with E-state index in [4.69, 9.17) is 11.6 Å². The molecule has 2 amide bonds. The van der Waals surface area contributed by atoms with E-state index in [1.165, 1.54) is 6.20 Å². The Bertz CT molecular complexity index is 756. The van der Waals surface area contributed by atoms with E-state index in [2.05, 4.69) is 15.4 Å². The molecule has 3 heterocycles. The van der Waals surface area contributed by atoms with Gasteiger partial charge in [0.25, 0.3) is 0 Å². The van der Waals surface area contributed by atoms with Gasteiger partial charge >= 0.3 is 0 Å². The summed E-state index contributed by atoms with van der Waals surface area (Å²) in [7, 11) is 0. The summed E-state index contributed by atoms with van der Waals surface area (Å²) in [6.45, 7) is 4.35. The van der Waals surface area contributed by atoms with Gasteiger partial charge in [0.15, 0.2) is 5.82 Å². The van der Waals surface area contributed by atoms with Gasteiger partial charge in [-0.05, 0) is 26.0 Å². The third-order valence-corrected chi connectivity index (χ3v) is 4.15. The van der Waals surface area contributed by atoms with E-state index < -0.39 is 0 Å². The van der Waals surface area contributed by atoms with E-state index in [1.54, 1.807) is 34.1 Å². The number of anilines is 1. The normalized spacial score (nSPS) is 17.6. The summed E-state index contributed by atoms with van der Waals surface area (Å²) in [6.07, 6.45) is 4.98. The molecule has 1 atom stereocenters. The van der Waals surface area contributed by atoms with E-state index in [-0.39, 0.29) is 30.2 Å². The average Bonchev–Trinajstić information content (AvgIpc) is 3.14. The number of amides is 2. The number of aromatic nitrogens is 3. The molecule has 1 N–H and O–H groups in total. The summed E-state index contributed by atoms with van der Waals surface area (Å²) < 4.78 is 1.55. The van der Waals surface area contributed by atoms with E-state index in [1.807, 2.05) is 13.8 Å². The maximum atomic E-state index is 12.3. The number of rotatable bonds is 4. The van der Waals surface area contributed by atoms with E-state index in [0.29, 0.717) is 23.1 Å². The second-order valence-corrected chi connectivity index (χ2v) is 6.47. The van der Waals surface area contributed by atoms with Crippen molar-refractivity contribution < 1.29 is 9.59 Å². The van der Waals surface area contributed by atoms with Gasteiger partial charge in [-0.1, -0.05) is 11.6 Å². The number of carbonyl (C=O) groups excluding carboxylic acids is 2. The van der Waals surface area contributed by atoms with Crippen molar-refractivity contribution in [1.82, 2.24) is 19.7 Å². The molecule has 126 valence electrons. The maximum absolute atomic E-state index is 12.3. The molecule has 1 aliphatic rings. The monoisotopic (exact) mass is 347 g/mol. The Labute approximate surface area is 144 Å². The van der Waals surface area contributed by atoms with Gasteiger partial charge in [-0.25, -0.2) is 9.67 Å². The van der Waals surface area contributed by atoms with Gasteiger partial charge < -0.3 is 10.2 Å². The predicted molar refractivity (Wildman–Crippen MR) is 90.0 cm³/mol. The fraction of sp³-hybridized carbons (Fsp3) is 0.375. The summed E-state index contributed by atoms with van der Waals surface area (Å²) in [6, 6.07) is 3.59. The molecule has 0 spiro atoms. The summed E-state index contributed by atoms with van der Waals surface area (Å²) in [4.78, 5) is 30.2. The second kappa shape index (κ2) is 6.60. The van der Waals surface area contributed by atoms with Gasteiger partial charge in [0.2, 0.25) is 11.8 Å². The molecule has 1 fully saturated rings. The quantitative estimate of drug-likeness (QED) is 0.918. The minimum absolute atomic E-state index is 0.0224. The summed E-state index contributed by atoms with van der Waals surface area (Å²) >= 11 is 5.83. The zero-order valence-electron chi connectivity index (χ0n) is 13.4. The van der Waals surface area contributed by atoms with Crippen LogP contribution in [0.3, 0.4) is 0 Å². The Balaban J connectivity index is 1.64. The lowest BCUT2D eigenvalue weighted by Gasteiger charge is -2.20. The highest BCUT2D eigenvalue weighted by molar-refractivity contribution is 6.30. The molecule has 1 aliphatic heterocycles. The van der Waals surface area contributed by atoms with Crippen LogP contribution in [0.4, 0.5) is 5.69 Å². The van der Waals surface area contributed by atoms with E-state index in [9.17, 15) is 9.59 Å². The topological polar surface area (TPSA) is 80.1 Å². The Morgan fingerprint density at radius 2 is 2.17 bits per heavy atom. The number of halogens is 1. The summed E-state index contributed by atoms with van der Waals surface area (Å²) in [5, 5.41) is 7.40. The first-order valence-corrected chi connectivity index (χ1v) is 8.09. The van der Waals surface area contributed by atoms with Gasteiger partial charge in [-0.2, -0.15) is 5.10 Å². The van der Waals surface area contributed by atoms with Gasteiger partial charge in [0.05, 0.1) is 35.2 Å². The van der Waals surface area contributed by atoms with Gasteiger partial charge in [-0.3, -0.25) is 9.59 Å². The molecule has 0 aliphatic carbocycles. The Hall–Kier alpha value is -2.41. The third-order valence-electron chi connectivity index (χ3n) is 3.95. The molecular formula is C16H18ClN5O2. The molecule has 8 heteroatoms. The van der Waals surface area contributed by atoms with Crippen molar-refractivity contribution in [2.24, 2.45) is 5.92 Å². The molecular weight excluding hydrogens is 330 g/mol. The zero-order valence-corrected chi connectivity index (χ0v) is 14.2. The van der Waals surface area contributed by atoms with Crippen molar-refractivity contribution in [3.63, 3.8) is 0 Å². The largest absolute Gasteiger partial charge is 0.339 e. The molecule has 2 aromatic rings.